The molecule has 0 radical (unpaired) electrons. The smallest absolute Gasteiger partial charge is 0.462 e. The summed E-state index contributed by atoms with van der Waals surface area (Å²) < 4.78 is 68.4. The summed E-state index contributed by atoms with van der Waals surface area (Å²) in [5, 5.41) is 10.6. The van der Waals surface area contributed by atoms with E-state index in [0.29, 0.717) is 25.7 Å². The topological polar surface area (TPSA) is 237 Å². The molecule has 17 nitrogen and oxygen atoms in total. The fourth-order valence-electron chi connectivity index (χ4n) is 11.0. The van der Waals surface area contributed by atoms with Crippen LogP contribution in [0.2, 0.25) is 0 Å². The average molecular weight is 1350 g/mol. The van der Waals surface area contributed by atoms with Crippen molar-refractivity contribution < 1.29 is 80.2 Å². The number of carbonyl (C=O) groups excluding carboxylic acids is 4. The number of rotatable bonds is 71. The number of phosphoric ester groups is 2. The van der Waals surface area contributed by atoms with Gasteiger partial charge in [-0.25, -0.2) is 9.13 Å². The number of unbranched alkanes of at least 4 members (excludes halogenated alkanes) is 38. The Morgan fingerprint density at radius 2 is 0.554 bits per heavy atom. The standard InChI is InChI=1S/C73H142O17P2/c1-8-10-11-12-13-14-15-16-17-18-21-25-35-42-49-56-72(77)89-68(60-83-70(75)54-47-40-33-24-22-19-20-23-30-37-44-51-64(3)4)62-87-91(79,80)85-58-67(74)59-86-92(81,82)88-63-69(61-84-71(76)55-48-41-34-28-26-31-38-45-52-65(5)6)90-73(78)57-50-43-36-29-27-32-39-46-53-66(7)9-2/h64-69,74H,8-63H2,1-7H3,(H,79,80)(H,81,82)/t66?,67-,68-,69-/m1/s1. The van der Waals surface area contributed by atoms with Gasteiger partial charge in [0.25, 0.3) is 0 Å². The van der Waals surface area contributed by atoms with Gasteiger partial charge in [0.2, 0.25) is 0 Å². The third-order valence-corrected chi connectivity index (χ3v) is 19.1. The number of ether oxygens (including phenoxy) is 4. The van der Waals surface area contributed by atoms with Gasteiger partial charge in [-0.15, -0.1) is 0 Å². The molecule has 0 aromatic rings. The first-order valence-corrected chi connectivity index (χ1v) is 40.9. The summed E-state index contributed by atoms with van der Waals surface area (Å²) in [5.74, 6) is 0.145. The van der Waals surface area contributed by atoms with Crippen LogP contribution in [0.5, 0.6) is 0 Å². The Hall–Kier alpha value is -1.94. The molecule has 0 saturated heterocycles. The third kappa shape index (κ3) is 65.4. The van der Waals surface area contributed by atoms with Gasteiger partial charge in [0.15, 0.2) is 12.2 Å². The van der Waals surface area contributed by atoms with Crippen molar-refractivity contribution in [2.75, 3.05) is 39.6 Å². The Morgan fingerprint density at radius 1 is 0.315 bits per heavy atom. The maximum absolute atomic E-state index is 13.1. The van der Waals surface area contributed by atoms with Crippen LogP contribution in [0.1, 0.15) is 370 Å². The minimum absolute atomic E-state index is 0.104. The molecule has 6 atom stereocenters. The van der Waals surface area contributed by atoms with E-state index in [1.165, 1.54) is 180 Å². The van der Waals surface area contributed by atoms with Crippen molar-refractivity contribution in [1.29, 1.82) is 0 Å². The monoisotopic (exact) mass is 1350 g/mol. The number of esters is 4. The van der Waals surface area contributed by atoms with Crippen LogP contribution in [-0.4, -0.2) is 96.7 Å². The lowest BCUT2D eigenvalue weighted by Crippen LogP contribution is -2.30. The molecule has 0 aliphatic heterocycles. The van der Waals surface area contributed by atoms with E-state index in [1.54, 1.807) is 0 Å². The highest BCUT2D eigenvalue weighted by Crippen LogP contribution is 2.45. The van der Waals surface area contributed by atoms with Crippen LogP contribution in [0.3, 0.4) is 0 Å². The summed E-state index contributed by atoms with van der Waals surface area (Å²) in [6.45, 7) is 11.8. The second-order valence-corrected chi connectivity index (χ2v) is 30.4. The number of phosphoric acid groups is 2. The summed E-state index contributed by atoms with van der Waals surface area (Å²) in [6.07, 6.45) is 48.5. The quantitative estimate of drug-likeness (QED) is 0.0222. The lowest BCUT2D eigenvalue weighted by molar-refractivity contribution is -0.161. The molecule has 0 saturated carbocycles. The molecule has 0 amide bonds. The van der Waals surface area contributed by atoms with E-state index >= 15 is 0 Å². The van der Waals surface area contributed by atoms with Crippen molar-refractivity contribution in [2.45, 2.75) is 388 Å². The average Bonchev–Trinajstić information content (AvgIpc) is 2.37. The van der Waals surface area contributed by atoms with Gasteiger partial charge in [0, 0.05) is 25.7 Å². The van der Waals surface area contributed by atoms with Crippen LogP contribution >= 0.6 is 15.6 Å². The van der Waals surface area contributed by atoms with Crippen molar-refractivity contribution in [3.05, 3.63) is 0 Å². The molecule has 0 aromatic carbocycles. The van der Waals surface area contributed by atoms with Crippen molar-refractivity contribution in [3.8, 4) is 0 Å². The van der Waals surface area contributed by atoms with E-state index < -0.39 is 97.5 Å². The molecular weight excluding hydrogens is 1210 g/mol. The zero-order chi connectivity index (χ0) is 68.0. The second-order valence-electron chi connectivity index (χ2n) is 27.5. The largest absolute Gasteiger partial charge is 0.472 e. The summed E-state index contributed by atoms with van der Waals surface area (Å²) in [5.41, 5.74) is 0. The highest BCUT2D eigenvalue weighted by molar-refractivity contribution is 7.47. The van der Waals surface area contributed by atoms with Crippen LogP contribution in [0.4, 0.5) is 0 Å². The molecule has 3 N–H and O–H groups in total. The van der Waals surface area contributed by atoms with E-state index in [-0.39, 0.29) is 25.7 Å². The first-order valence-electron chi connectivity index (χ1n) is 37.9. The Labute approximate surface area is 562 Å². The SMILES string of the molecule is CCCCCCCCCCCCCCCCCC(=O)O[C@H](COC(=O)CCCCCCCCCCCCCC(C)C)COP(=O)(O)OC[C@@H](O)COP(=O)(O)OC[C@@H](COC(=O)CCCCCCCCCCC(C)C)OC(=O)CCCCCCCCCCC(C)CC. The van der Waals surface area contributed by atoms with E-state index in [1.807, 2.05) is 0 Å². The number of aliphatic hydroxyl groups is 1. The van der Waals surface area contributed by atoms with Gasteiger partial charge < -0.3 is 33.8 Å². The molecule has 0 rings (SSSR count). The molecule has 19 heteroatoms. The van der Waals surface area contributed by atoms with Gasteiger partial charge in [-0.2, -0.15) is 0 Å². The fraction of sp³-hybridized carbons (Fsp3) is 0.945. The number of carbonyl (C=O) groups is 4. The lowest BCUT2D eigenvalue weighted by atomic mass is 9.99. The Morgan fingerprint density at radius 3 is 0.826 bits per heavy atom. The van der Waals surface area contributed by atoms with Crippen LogP contribution in [0, 0.1) is 17.8 Å². The molecule has 0 heterocycles. The van der Waals surface area contributed by atoms with E-state index in [0.717, 1.165) is 108 Å². The molecule has 0 bridgehead atoms. The molecule has 92 heavy (non-hydrogen) atoms. The molecule has 3 unspecified atom stereocenters. The summed E-state index contributed by atoms with van der Waals surface area (Å²) in [7, 11) is -9.91. The van der Waals surface area contributed by atoms with Crippen LogP contribution in [0.25, 0.3) is 0 Å². The molecule has 0 fully saturated rings. The highest BCUT2D eigenvalue weighted by atomic mass is 31.2. The van der Waals surface area contributed by atoms with E-state index in [2.05, 4.69) is 48.5 Å². The molecule has 0 aliphatic carbocycles. The Bertz CT molecular complexity index is 1800. The second kappa shape index (κ2) is 63.8. The van der Waals surface area contributed by atoms with Crippen molar-refractivity contribution in [3.63, 3.8) is 0 Å². The summed E-state index contributed by atoms with van der Waals surface area (Å²) in [6, 6.07) is 0. The van der Waals surface area contributed by atoms with E-state index in [4.69, 9.17) is 37.0 Å². The molecule has 0 spiro atoms. The minimum Gasteiger partial charge on any atom is -0.462 e. The summed E-state index contributed by atoms with van der Waals surface area (Å²) >= 11 is 0. The lowest BCUT2D eigenvalue weighted by Gasteiger charge is -2.21. The summed E-state index contributed by atoms with van der Waals surface area (Å²) in [4.78, 5) is 72.7. The molecule has 0 aromatic heterocycles. The van der Waals surface area contributed by atoms with Crippen molar-refractivity contribution in [2.24, 2.45) is 17.8 Å². The highest BCUT2D eigenvalue weighted by Gasteiger charge is 2.30. The maximum Gasteiger partial charge on any atom is 0.472 e. The minimum atomic E-state index is -4.95. The van der Waals surface area contributed by atoms with Gasteiger partial charge in [0.05, 0.1) is 26.4 Å². The van der Waals surface area contributed by atoms with Gasteiger partial charge >= 0.3 is 39.5 Å². The predicted molar refractivity (Wildman–Crippen MR) is 372 cm³/mol. The van der Waals surface area contributed by atoms with Crippen LogP contribution in [0.15, 0.2) is 0 Å². The molecule has 0 aliphatic rings. The normalized spacial score (nSPS) is 14.4. The maximum atomic E-state index is 13.1. The third-order valence-electron chi connectivity index (χ3n) is 17.2. The van der Waals surface area contributed by atoms with Crippen molar-refractivity contribution in [1.82, 2.24) is 0 Å². The number of aliphatic hydroxyl groups excluding tert-OH is 1. The first kappa shape index (κ1) is 90.1. The molecular formula is C73H142O17P2. The fourth-order valence-corrected chi connectivity index (χ4v) is 12.6. The zero-order valence-electron chi connectivity index (χ0n) is 60.0. The van der Waals surface area contributed by atoms with Gasteiger partial charge in [0.1, 0.15) is 19.3 Å². The molecule has 546 valence electrons. The van der Waals surface area contributed by atoms with E-state index in [9.17, 15) is 43.2 Å². The van der Waals surface area contributed by atoms with Gasteiger partial charge in [-0.3, -0.25) is 37.3 Å². The Kier molecular flexibility index (Phi) is 62.4. The van der Waals surface area contributed by atoms with Crippen LogP contribution < -0.4 is 0 Å². The zero-order valence-corrected chi connectivity index (χ0v) is 61.8. The van der Waals surface area contributed by atoms with Gasteiger partial charge in [-0.1, -0.05) is 318 Å². The number of hydrogen-bond acceptors (Lipinski definition) is 15. The van der Waals surface area contributed by atoms with Crippen molar-refractivity contribution >= 4 is 39.5 Å². The Balaban J connectivity index is 5.27. The number of hydrogen-bond donors (Lipinski definition) is 3. The van der Waals surface area contributed by atoms with Crippen LogP contribution in [-0.2, 0) is 65.4 Å². The first-order chi connectivity index (χ1) is 44.3. The van der Waals surface area contributed by atoms with Gasteiger partial charge in [-0.05, 0) is 43.4 Å². The predicted octanol–water partition coefficient (Wildman–Crippen LogP) is 21.0.